The third kappa shape index (κ3) is 4.70. The van der Waals surface area contributed by atoms with Gasteiger partial charge < -0.3 is 19.5 Å². The van der Waals surface area contributed by atoms with Crippen molar-refractivity contribution in [2.24, 2.45) is 0 Å². The molecule has 6 nitrogen and oxygen atoms in total. The number of Topliss-reactive ketones (excluding diaryl/α,β-unsaturated/α-hetero) is 1. The number of carbonyl (C=O) groups excluding carboxylic acids is 2. The Bertz CT molecular complexity index is 1020. The SMILES string of the molecule is COCCCN1C(=O)C(=O)/C(=C(\O)c2cccc(OC)c2)C1c1ccc(C(C)(C)C)cc1. The minimum absolute atomic E-state index is 0.0284. The van der Waals surface area contributed by atoms with Gasteiger partial charge in [-0.2, -0.15) is 0 Å². The van der Waals surface area contributed by atoms with Gasteiger partial charge in [-0.3, -0.25) is 9.59 Å². The van der Waals surface area contributed by atoms with Gasteiger partial charge in [-0.25, -0.2) is 0 Å². The van der Waals surface area contributed by atoms with E-state index in [0.717, 1.165) is 11.1 Å². The summed E-state index contributed by atoms with van der Waals surface area (Å²) in [7, 11) is 3.13. The van der Waals surface area contributed by atoms with Gasteiger partial charge in [0.1, 0.15) is 11.5 Å². The van der Waals surface area contributed by atoms with E-state index in [-0.39, 0.29) is 16.7 Å². The molecule has 1 aliphatic heterocycles. The summed E-state index contributed by atoms with van der Waals surface area (Å²) in [6.07, 6.45) is 0.583. The van der Waals surface area contributed by atoms with Crippen molar-refractivity contribution in [2.75, 3.05) is 27.4 Å². The normalized spacial score (nSPS) is 18.3. The Morgan fingerprint density at radius 1 is 1.06 bits per heavy atom. The summed E-state index contributed by atoms with van der Waals surface area (Å²) in [4.78, 5) is 27.5. The van der Waals surface area contributed by atoms with Crippen LogP contribution in [0.3, 0.4) is 0 Å². The average molecular weight is 438 g/mol. The first-order chi connectivity index (χ1) is 15.2. The number of benzene rings is 2. The van der Waals surface area contributed by atoms with Gasteiger partial charge in [0.2, 0.25) is 0 Å². The second kappa shape index (κ2) is 9.57. The summed E-state index contributed by atoms with van der Waals surface area (Å²) in [6, 6.07) is 14.0. The molecule has 0 aliphatic carbocycles. The Kier molecular flexibility index (Phi) is 7.04. The first kappa shape index (κ1) is 23.5. The summed E-state index contributed by atoms with van der Waals surface area (Å²) in [6.45, 7) is 7.19. The summed E-state index contributed by atoms with van der Waals surface area (Å²) >= 11 is 0. The zero-order valence-electron chi connectivity index (χ0n) is 19.3. The fraction of sp³-hybridized carbons (Fsp3) is 0.385. The van der Waals surface area contributed by atoms with E-state index in [4.69, 9.17) is 9.47 Å². The van der Waals surface area contributed by atoms with Crippen molar-refractivity contribution in [2.45, 2.75) is 38.6 Å². The minimum Gasteiger partial charge on any atom is -0.507 e. The van der Waals surface area contributed by atoms with E-state index in [2.05, 4.69) is 20.8 Å². The number of aliphatic hydroxyl groups excluding tert-OH is 1. The first-order valence-electron chi connectivity index (χ1n) is 10.7. The van der Waals surface area contributed by atoms with Gasteiger partial charge in [-0.05, 0) is 35.1 Å². The van der Waals surface area contributed by atoms with Gasteiger partial charge in [0, 0.05) is 25.8 Å². The molecule has 1 fully saturated rings. The van der Waals surface area contributed by atoms with Gasteiger partial charge >= 0.3 is 0 Å². The number of nitrogens with zero attached hydrogens (tertiary/aromatic N) is 1. The number of hydrogen-bond acceptors (Lipinski definition) is 5. The molecule has 2 aromatic rings. The highest BCUT2D eigenvalue weighted by molar-refractivity contribution is 6.46. The number of rotatable bonds is 7. The molecule has 1 N–H and O–H groups in total. The molecule has 6 heteroatoms. The lowest BCUT2D eigenvalue weighted by atomic mass is 9.85. The van der Waals surface area contributed by atoms with Crippen LogP contribution in [0.25, 0.3) is 5.76 Å². The first-order valence-corrected chi connectivity index (χ1v) is 10.7. The maximum absolute atomic E-state index is 13.1. The molecule has 32 heavy (non-hydrogen) atoms. The van der Waals surface area contributed by atoms with E-state index in [1.165, 1.54) is 12.0 Å². The maximum atomic E-state index is 13.1. The van der Waals surface area contributed by atoms with Crippen LogP contribution in [0.1, 0.15) is 49.9 Å². The summed E-state index contributed by atoms with van der Waals surface area (Å²) < 4.78 is 10.4. The quantitative estimate of drug-likeness (QED) is 0.300. The monoisotopic (exact) mass is 437 g/mol. The van der Waals surface area contributed by atoms with E-state index >= 15 is 0 Å². The predicted octanol–water partition coefficient (Wildman–Crippen LogP) is 4.45. The van der Waals surface area contributed by atoms with Crippen molar-refractivity contribution in [1.29, 1.82) is 0 Å². The molecule has 0 radical (unpaired) electrons. The third-order valence-corrected chi connectivity index (χ3v) is 5.72. The van der Waals surface area contributed by atoms with Gasteiger partial charge in [-0.1, -0.05) is 57.2 Å². The van der Waals surface area contributed by atoms with Crippen molar-refractivity contribution in [1.82, 2.24) is 4.90 Å². The van der Waals surface area contributed by atoms with E-state index in [9.17, 15) is 14.7 Å². The lowest BCUT2D eigenvalue weighted by Crippen LogP contribution is -2.31. The number of ketones is 1. The zero-order chi connectivity index (χ0) is 23.5. The molecule has 0 saturated carbocycles. The van der Waals surface area contributed by atoms with Crippen LogP contribution in [-0.4, -0.2) is 49.1 Å². The second-order valence-corrected chi connectivity index (χ2v) is 8.94. The van der Waals surface area contributed by atoms with E-state index in [1.807, 2.05) is 24.3 Å². The molecular formula is C26H31NO5. The van der Waals surface area contributed by atoms with Crippen molar-refractivity contribution in [3.63, 3.8) is 0 Å². The molecule has 0 aromatic heterocycles. The number of aliphatic hydroxyl groups is 1. The van der Waals surface area contributed by atoms with Crippen molar-refractivity contribution in [3.8, 4) is 5.75 Å². The topological polar surface area (TPSA) is 76.1 Å². The van der Waals surface area contributed by atoms with E-state index < -0.39 is 17.7 Å². The molecule has 1 saturated heterocycles. The molecule has 3 rings (SSSR count). The molecule has 0 spiro atoms. The Labute approximate surface area is 189 Å². The largest absolute Gasteiger partial charge is 0.507 e. The zero-order valence-corrected chi connectivity index (χ0v) is 19.3. The van der Waals surface area contributed by atoms with Gasteiger partial charge in [0.05, 0.1) is 18.7 Å². The lowest BCUT2D eigenvalue weighted by Gasteiger charge is -2.26. The lowest BCUT2D eigenvalue weighted by molar-refractivity contribution is -0.140. The number of amides is 1. The molecule has 1 amide bonds. The predicted molar refractivity (Wildman–Crippen MR) is 124 cm³/mol. The van der Waals surface area contributed by atoms with E-state index in [1.54, 1.807) is 31.4 Å². The van der Waals surface area contributed by atoms with Crippen LogP contribution in [0.4, 0.5) is 0 Å². The summed E-state index contributed by atoms with van der Waals surface area (Å²) in [5.41, 5.74) is 2.41. The van der Waals surface area contributed by atoms with Gasteiger partial charge in [0.25, 0.3) is 11.7 Å². The number of ether oxygens (including phenoxy) is 2. The molecule has 0 bridgehead atoms. The van der Waals surface area contributed by atoms with Crippen LogP contribution in [-0.2, 0) is 19.7 Å². The number of hydrogen-bond donors (Lipinski definition) is 1. The number of methoxy groups -OCH3 is 2. The van der Waals surface area contributed by atoms with Crippen LogP contribution in [0, 0.1) is 0 Å². The standard InChI is InChI=1S/C26H31NO5/c1-26(2,3)19-12-10-17(11-13-19)22-21(23(28)18-8-6-9-20(16-18)32-5)24(29)25(30)27(22)14-7-15-31-4/h6,8-13,16,22,28H,7,14-15H2,1-5H3/b23-21-. The highest BCUT2D eigenvalue weighted by Crippen LogP contribution is 2.40. The van der Waals surface area contributed by atoms with E-state index in [0.29, 0.717) is 30.9 Å². The second-order valence-electron chi connectivity index (χ2n) is 8.94. The fourth-order valence-corrected chi connectivity index (χ4v) is 3.93. The van der Waals surface area contributed by atoms with Crippen LogP contribution >= 0.6 is 0 Å². The van der Waals surface area contributed by atoms with Crippen molar-refractivity contribution in [3.05, 3.63) is 70.8 Å². The third-order valence-electron chi connectivity index (χ3n) is 5.72. The van der Waals surface area contributed by atoms with Crippen LogP contribution in [0.5, 0.6) is 5.75 Å². The summed E-state index contributed by atoms with van der Waals surface area (Å²) in [5, 5.41) is 11.1. The van der Waals surface area contributed by atoms with Crippen molar-refractivity contribution >= 4 is 17.4 Å². The minimum atomic E-state index is -0.687. The molecular weight excluding hydrogens is 406 g/mol. The number of likely N-dealkylation sites (tertiary alicyclic amines) is 1. The molecule has 2 aromatic carbocycles. The van der Waals surface area contributed by atoms with Crippen LogP contribution < -0.4 is 4.74 Å². The molecule has 1 atom stereocenters. The molecule has 1 unspecified atom stereocenters. The van der Waals surface area contributed by atoms with Crippen LogP contribution in [0.15, 0.2) is 54.1 Å². The Hall–Kier alpha value is -3.12. The van der Waals surface area contributed by atoms with Gasteiger partial charge in [-0.15, -0.1) is 0 Å². The van der Waals surface area contributed by atoms with Crippen LogP contribution in [0.2, 0.25) is 0 Å². The molecule has 1 heterocycles. The number of carbonyl (C=O) groups is 2. The summed E-state index contributed by atoms with van der Waals surface area (Å²) in [5.74, 6) is -0.959. The Morgan fingerprint density at radius 3 is 2.34 bits per heavy atom. The molecule has 1 aliphatic rings. The maximum Gasteiger partial charge on any atom is 0.295 e. The average Bonchev–Trinajstić information content (AvgIpc) is 3.03. The Balaban J connectivity index is 2.12. The molecule has 170 valence electrons. The fourth-order valence-electron chi connectivity index (χ4n) is 3.93. The van der Waals surface area contributed by atoms with Gasteiger partial charge in [0.15, 0.2) is 0 Å². The smallest absolute Gasteiger partial charge is 0.295 e. The highest BCUT2D eigenvalue weighted by Gasteiger charge is 2.45. The Morgan fingerprint density at radius 2 is 1.75 bits per heavy atom. The van der Waals surface area contributed by atoms with Crippen molar-refractivity contribution < 1.29 is 24.2 Å². The highest BCUT2D eigenvalue weighted by atomic mass is 16.5.